The molecule has 1 N–H and O–H groups in total. The molecular weight excluding hydrogens is 282 g/mol. The van der Waals surface area contributed by atoms with Crippen molar-refractivity contribution in [3.05, 3.63) is 23.8 Å². The van der Waals surface area contributed by atoms with E-state index in [9.17, 15) is 4.79 Å². The van der Waals surface area contributed by atoms with Crippen LogP contribution in [0.25, 0.3) is 0 Å². The van der Waals surface area contributed by atoms with E-state index in [2.05, 4.69) is 5.32 Å². The van der Waals surface area contributed by atoms with Gasteiger partial charge in [-0.3, -0.25) is 4.79 Å². The van der Waals surface area contributed by atoms with Crippen LogP contribution in [0, 0.1) is 5.92 Å². The van der Waals surface area contributed by atoms with Gasteiger partial charge in [0.1, 0.15) is 0 Å². The van der Waals surface area contributed by atoms with Crippen LogP contribution in [-0.4, -0.2) is 38.9 Å². The monoisotopic (exact) mass is 307 g/mol. The van der Waals surface area contributed by atoms with Crippen LogP contribution in [0.4, 0.5) is 0 Å². The van der Waals surface area contributed by atoms with Crippen molar-refractivity contribution in [1.29, 1.82) is 0 Å². The van der Waals surface area contributed by atoms with Crippen LogP contribution in [0.1, 0.15) is 25.8 Å². The maximum absolute atomic E-state index is 11.7. The number of hydrogen-bond acceptors (Lipinski definition) is 4. The average molecular weight is 307 g/mol. The summed E-state index contributed by atoms with van der Waals surface area (Å²) in [5.41, 5.74) is 1.12. The van der Waals surface area contributed by atoms with Gasteiger partial charge in [0.05, 0.1) is 26.4 Å². The summed E-state index contributed by atoms with van der Waals surface area (Å²) in [5.74, 6) is 2.03. The second-order valence-corrected chi connectivity index (χ2v) is 5.35. The van der Waals surface area contributed by atoms with E-state index in [1.54, 1.807) is 0 Å². The van der Waals surface area contributed by atoms with Crippen LogP contribution in [-0.2, 0) is 16.0 Å². The Hall–Kier alpha value is -1.75. The Morgan fingerprint density at radius 3 is 2.59 bits per heavy atom. The Balaban J connectivity index is 1.81. The van der Waals surface area contributed by atoms with Gasteiger partial charge in [0.25, 0.3) is 0 Å². The van der Waals surface area contributed by atoms with Crippen molar-refractivity contribution < 1.29 is 19.0 Å². The molecule has 1 heterocycles. The Labute approximate surface area is 131 Å². The smallest absolute Gasteiger partial charge is 0.220 e. The SMILES string of the molecule is CCOc1ccc(CCNC(=O)CC2COC2)cc1OCC. The van der Waals surface area contributed by atoms with E-state index in [0.717, 1.165) is 23.5 Å². The van der Waals surface area contributed by atoms with Crippen molar-refractivity contribution >= 4 is 5.91 Å². The molecule has 0 spiro atoms. The molecule has 22 heavy (non-hydrogen) atoms. The van der Waals surface area contributed by atoms with Crippen molar-refractivity contribution in [1.82, 2.24) is 5.32 Å². The molecule has 5 heteroatoms. The fourth-order valence-corrected chi connectivity index (χ4v) is 2.33. The molecule has 2 rings (SSSR count). The van der Waals surface area contributed by atoms with E-state index in [1.165, 1.54) is 0 Å². The molecule has 0 bridgehead atoms. The highest BCUT2D eigenvalue weighted by molar-refractivity contribution is 5.76. The minimum Gasteiger partial charge on any atom is -0.490 e. The van der Waals surface area contributed by atoms with Crippen LogP contribution in [0.5, 0.6) is 11.5 Å². The topological polar surface area (TPSA) is 56.8 Å². The van der Waals surface area contributed by atoms with Crippen LogP contribution in [0.3, 0.4) is 0 Å². The molecule has 5 nitrogen and oxygen atoms in total. The fraction of sp³-hybridized carbons (Fsp3) is 0.588. The third-order valence-electron chi connectivity index (χ3n) is 3.52. The highest BCUT2D eigenvalue weighted by atomic mass is 16.5. The average Bonchev–Trinajstić information content (AvgIpc) is 2.46. The second kappa shape index (κ2) is 8.63. The van der Waals surface area contributed by atoms with E-state index >= 15 is 0 Å². The summed E-state index contributed by atoms with van der Waals surface area (Å²) in [4.78, 5) is 11.7. The molecule has 0 unspecified atom stereocenters. The number of nitrogens with one attached hydrogen (secondary N) is 1. The molecule has 0 aromatic heterocycles. The van der Waals surface area contributed by atoms with Crippen molar-refractivity contribution in [3.63, 3.8) is 0 Å². The standard InChI is InChI=1S/C17H25NO4/c1-3-21-15-6-5-13(9-16(15)22-4-2)7-8-18-17(19)10-14-11-20-12-14/h5-6,9,14H,3-4,7-8,10-12H2,1-2H3,(H,18,19). The van der Waals surface area contributed by atoms with E-state index in [0.29, 0.717) is 45.3 Å². The molecule has 122 valence electrons. The number of rotatable bonds is 9. The van der Waals surface area contributed by atoms with Crippen molar-refractivity contribution in [2.24, 2.45) is 5.92 Å². The maximum atomic E-state index is 11.7. The molecule has 1 aromatic rings. The summed E-state index contributed by atoms with van der Waals surface area (Å²) >= 11 is 0. The predicted molar refractivity (Wildman–Crippen MR) is 84.4 cm³/mol. The number of hydrogen-bond donors (Lipinski definition) is 1. The molecule has 1 aliphatic heterocycles. The van der Waals surface area contributed by atoms with E-state index in [-0.39, 0.29) is 5.91 Å². The third kappa shape index (κ3) is 4.91. The maximum Gasteiger partial charge on any atom is 0.220 e. The Morgan fingerprint density at radius 1 is 1.23 bits per heavy atom. The zero-order valence-electron chi connectivity index (χ0n) is 13.4. The fourth-order valence-electron chi connectivity index (χ4n) is 2.33. The minimum atomic E-state index is 0.101. The van der Waals surface area contributed by atoms with Crippen molar-refractivity contribution in [2.75, 3.05) is 33.0 Å². The summed E-state index contributed by atoms with van der Waals surface area (Å²) in [5, 5.41) is 2.95. The Morgan fingerprint density at radius 2 is 1.95 bits per heavy atom. The second-order valence-electron chi connectivity index (χ2n) is 5.35. The zero-order chi connectivity index (χ0) is 15.8. The first kappa shape index (κ1) is 16.6. The third-order valence-corrected chi connectivity index (χ3v) is 3.52. The summed E-state index contributed by atoms with van der Waals surface area (Å²) < 4.78 is 16.2. The quantitative estimate of drug-likeness (QED) is 0.760. The number of benzene rings is 1. The van der Waals surface area contributed by atoms with Gasteiger partial charge >= 0.3 is 0 Å². The molecule has 1 fully saturated rings. The Bertz CT molecular complexity index is 486. The van der Waals surface area contributed by atoms with E-state index in [1.807, 2.05) is 32.0 Å². The lowest BCUT2D eigenvalue weighted by atomic mass is 10.0. The lowest BCUT2D eigenvalue weighted by Gasteiger charge is -2.25. The van der Waals surface area contributed by atoms with Gasteiger partial charge in [-0.05, 0) is 38.0 Å². The lowest BCUT2D eigenvalue weighted by Crippen LogP contribution is -2.35. The zero-order valence-corrected chi connectivity index (χ0v) is 13.4. The molecule has 0 atom stereocenters. The molecule has 1 amide bonds. The lowest BCUT2D eigenvalue weighted by molar-refractivity contribution is -0.126. The first-order valence-electron chi connectivity index (χ1n) is 7.95. The molecular formula is C17H25NO4. The van der Waals surface area contributed by atoms with Gasteiger partial charge in [-0.2, -0.15) is 0 Å². The molecule has 1 aromatic carbocycles. The number of ether oxygens (including phenoxy) is 3. The molecule has 1 saturated heterocycles. The largest absolute Gasteiger partial charge is 0.490 e. The number of amides is 1. The summed E-state index contributed by atoms with van der Waals surface area (Å²) in [6, 6.07) is 5.93. The normalized spacial score (nSPS) is 14.3. The highest BCUT2D eigenvalue weighted by Gasteiger charge is 2.21. The Kier molecular flexibility index (Phi) is 6.52. The van der Waals surface area contributed by atoms with Gasteiger partial charge in [0, 0.05) is 18.9 Å². The van der Waals surface area contributed by atoms with Gasteiger partial charge in [-0.25, -0.2) is 0 Å². The minimum absolute atomic E-state index is 0.101. The summed E-state index contributed by atoms with van der Waals surface area (Å²) in [6.07, 6.45) is 1.34. The van der Waals surface area contributed by atoms with Gasteiger partial charge < -0.3 is 19.5 Å². The van der Waals surface area contributed by atoms with E-state index in [4.69, 9.17) is 14.2 Å². The van der Waals surface area contributed by atoms with Crippen LogP contribution >= 0.6 is 0 Å². The predicted octanol–water partition coefficient (Wildman–Crippen LogP) is 2.18. The van der Waals surface area contributed by atoms with Gasteiger partial charge in [0.15, 0.2) is 11.5 Å². The number of carbonyl (C=O) groups excluding carboxylic acids is 1. The molecule has 1 aliphatic rings. The first-order chi connectivity index (χ1) is 10.7. The summed E-state index contributed by atoms with van der Waals surface area (Å²) in [7, 11) is 0. The van der Waals surface area contributed by atoms with Gasteiger partial charge in [-0.1, -0.05) is 6.07 Å². The van der Waals surface area contributed by atoms with Gasteiger partial charge in [-0.15, -0.1) is 0 Å². The van der Waals surface area contributed by atoms with Crippen LogP contribution in [0.2, 0.25) is 0 Å². The van der Waals surface area contributed by atoms with Crippen molar-refractivity contribution in [3.8, 4) is 11.5 Å². The summed E-state index contributed by atoms with van der Waals surface area (Å²) in [6.45, 7) is 7.17. The van der Waals surface area contributed by atoms with Crippen LogP contribution in [0.15, 0.2) is 18.2 Å². The van der Waals surface area contributed by atoms with Crippen LogP contribution < -0.4 is 14.8 Å². The van der Waals surface area contributed by atoms with Crippen molar-refractivity contribution in [2.45, 2.75) is 26.7 Å². The molecule has 0 radical (unpaired) electrons. The molecule has 0 aliphatic carbocycles. The molecule has 0 saturated carbocycles. The van der Waals surface area contributed by atoms with Gasteiger partial charge in [0.2, 0.25) is 5.91 Å². The highest BCUT2D eigenvalue weighted by Crippen LogP contribution is 2.28. The van der Waals surface area contributed by atoms with E-state index < -0.39 is 0 Å². The number of carbonyl (C=O) groups is 1. The first-order valence-corrected chi connectivity index (χ1v) is 7.95.